The predicted octanol–water partition coefficient (Wildman–Crippen LogP) is 4.02. The van der Waals surface area contributed by atoms with E-state index in [2.05, 4.69) is 0 Å². The fourth-order valence-corrected chi connectivity index (χ4v) is 2.29. The number of carboxylic acids is 1. The minimum Gasteiger partial charge on any atom is -0.492 e. The number of benzene rings is 1. The number of carbonyl (C=O) groups is 1. The van der Waals surface area contributed by atoms with Crippen molar-refractivity contribution in [2.24, 2.45) is 0 Å². The molecule has 0 bridgehead atoms. The highest BCUT2D eigenvalue weighted by Crippen LogP contribution is 2.34. The number of aryl methyl sites for hydroxylation is 1. The molecule has 0 heterocycles. The molecular weight excluding hydrogens is 252 g/mol. The third-order valence-corrected chi connectivity index (χ3v) is 3.27. The number of rotatable bonds is 6. The molecule has 0 aliphatic rings. The van der Waals surface area contributed by atoms with Crippen molar-refractivity contribution in [1.29, 1.82) is 0 Å². The number of carboxylic acid groups (broad SMARTS) is 1. The number of hydrogen-bond acceptors (Lipinski definition) is 2. The molecule has 0 aliphatic carbocycles. The molecule has 1 unspecified atom stereocenters. The highest BCUT2D eigenvalue weighted by atomic mass is 35.5. The maximum Gasteiger partial charge on any atom is 0.303 e. The van der Waals surface area contributed by atoms with Gasteiger partial charge in [0.1, 0.15) is 5.75 Å². The van der Waals surface area contributed by atoms with Crippen LogP contribution in [0.5, 0.6) is 5.75 Å². The zero-order valence-corrected chi connectivity index (χ0v) is 11.8. The third-order valence-electron chi connectivity index (χ3n) is 2.97. The fraction of sp³-hybridized carbons (Fsp3) is 0.500. The van der Waals surface area contributed by atoms with Gasteiger partial charge >= 0.3 is 5.97 Å². The summed E-state index contributed by atoms with van der Waals surface area (Å²) in [5.41, 5.74) is 2.02. The van der Waals surface area contributed by atoms with Crippen LogP contribution in [0.2, 0.25) is 5.02 Å². The topological polar surface area (TPSA) is 46.5 Å². The SMILES string of the molecule is CCOc1cc(C)c(C(CC)CC(=O)O)cc1Cl. The monoisotopic (exact) mass is 270 g/mol. The van der Waals surface area contributed by atoms with Gasteiger partial charge in [0, 0.05) is 0 Å². The summed E-state index contributed by atoms with van der Waals surface area (Å²) in [6.07, 6.45) is 0.902. The maximum atomic E-state index is 10.8. The first-order valence-corrected chi connectivity index (χ1v) is 6.52. The van der Waals surface area contributed by atoms with Crippen molar-refractivity contribution >= 4 is 17.6 Å². The van der Waals surface area contributed by atoms with Crippen LogP contribution < -0.4 is 4.74 Å². The van der Waals surface area contributed by atoms with Crippen LogP contribution in [0, 0.1) is 6.92 Å². The largest absolute Gasteiger partial charge is 0.492 e. The summed E-state index contributed by atoms with van der Waals surface area (Å²) in [6, 6.07) is 3.71. The van der Waals surface area contributed by atoms with Gasteiger partial charge in [0.2, 0.25) is 0 Å². The van der Waals surface area contributed by atoms with E-state index in [0.29, 0.717) is 17.4 Å². The average Bonchev–Trinajstić information content (AvgIpc) is 2.30. The summed E-state index contributed by atoms with van der Waals surface area (Å²) < 4.78 is 5.42. The van der Waals surface area contributed by atoms with Crippen molar-refractivity contribution in [2.75, 3.05) is 6.61 Å². The van der Waals surface area contributed by atoms with Crippen LogP contribution in [0.3, 0.4) is 0 Å². The van der Waals surface area contributed by atoms with Crippen LogP contribution in [-0.4, -0.2) is 17.7 Å². The number of ether oxygens (including phenoxy) is 1. The van der Waals surface area contributed by atoms with Crippen LogP contribution in [-0.2, 0) is 4.79 Å². The van der Waals surface area contributed by atoms with Gasteiger partial charge in [0.15, 0.2) is 0 Å². The lowest BCUT2D eigenvalue weighted by Crippen LogP contribution is -2.07. The standard InChI is InChI=1S/C14H19ClO3/c1-4-10(7-14(16)17)11-8-12(15)13(18-5-2)6-9(11)3/h6,8,10H,4-5,7H2,1-3H3,(H,16,17). The highest BCUT2D eigenvalue weighted by Gasteiger charge is 2.17. The van der Waals surface area contributed by atoms with Gasteiger partial charge in [-0.2, -0.15) is 0 Å². The summed E-state index contributed by atoms with van der Waals surface area (Å²) >= 11 is 6.15. The molecule has 18 heavy (non-hydrogen) atoms. The first-order chi connectivity index (χ1) is 8.49. The lowest BCUT2D eigenvalue weighted by molar-refractivity contribution is -0.137. The Morgan fingerprint density at radius 2 is 2.11 bits per heavy atom. The molecule has 0 saturated heterocycles. The zero-order chi connectivity index (χ0) is 13.7. The van der Waals surface area contributed by atoms with Crippen LogP contribution in [0.25, 0.3) is 0 Å². The van der Waals surface area contributed by atoms with Crippen LogP contribution in [0.4, 0.5) is 0 Å². The molecule has 0 amide bonds. The van der Waals surface area contributed by atoms with Crippen molar-refractivity contribution in [3.05, 3.63) is 28.3 Å². The quantitative estimate of drug-likeness (QED) is 0.849. The number of aliphatic carboxylic acids is 1. The molecule has 0 saturated carbocycles. The molecule has 3 nitrogen and oxygen atoms in total. The van der Waals surface area contributed by atoms with Crippen LogP contribution in [0.15, 0.2) is 12.1 Å². The predicted molar refractivity (Wildman–Crippen MR) is 72.6 cm³/mol. The summed E-state index contributed by atoms with van der Waals surface area (Å²) in [6.45, 7) is 6.40. The molecule has 1 atom stereocenters. The third kappa shape index (κ3) is 3.64. The lowest BCUT2D eigenvalue weighted by atomic mass is 9.90. The Balaban J connectivity index is 3.08. The minimum absolute atomic E-state index is 0.00400. The van der Waals surface area contributed by atoms with E-state index in [1.165, 1.54) is 0 Å². The molecule has 0 aromatic heterocycles. The molecule has 100 valence electrons. The van der Waals surface area contributed by atoms with Gasteiger partial charge in [-0.3, -0.25) is 4.79 Å². The Kier molecular flexibility index (Phi) is 5.48. The minimum atomic E-state index is -0.786. The van der Waals surface area contributed by atoms with Crippen molar-refractivity contribution in [3.8, 4) is 5.75 Å². The van der Waals surface area contributed by atoms with Gasteiger partial charge in [0.25, 0.3) is 0 Å². The zero-order valence-electron chi connectivity index (χ0n) is 11.0. The van der Waals surface area contributed by atoms with Gasteiger partial charge in [-0.15, -0.1) is 0 Å². The molecule has 0 spiro atoms. The van der Waals surface area contributed by atoms with Gasteiger partial charge in [0.05, 0.1) is 18.1 Å². The molecule has 1 aromatic carbocycles. The maximum absolute atomic E-state index is 10.8. The van der Waals surface area contributed by atoms with Gasteiger partial charge in [-0.25, -0.2) is 0 Å². The van der Waals surface area contributed by atoms with Crippen molar-refractivity contribution in [3.63, 3.8) is 0 Å². The summed E-state index contributed by atoms with van der Waals surface area (Å²) in [5, 5.41) is 9.46. The Morgan fingerprint density at radius 1 is 1.44 bits per heavy atom. The second kappa shape index (κ2) is 6.64. The van der Waals surface area contributed by atoms with E-state index in [1.54, 1.807) is 0 Å². The van der Waals surface area contributed by atoms with Gasteiger partial charge in [-0.05, 0) is 49.4 Å². The van der Waals surface area contributed by atoms with Gasteiger partial charge in [-0.1, -0.05) is 18.5 Å². The van der Waals surface area contributed by atoms with E-state index in [4.69, 9.17) is 21.4 Å². The molecule has 1 aromatic rings. The van der Waals surface area contributed by atoms with Crippen molar-refractivity contribution < 1.29 is 14.6 Å². The molecule has 1 N–H and O–H groups in total. The summed E-state index contributed by atoms with van der Waals surface area (Å²) in [5.74, 6) is -0.132. The summed E-state index contributed by atoms with van der Waals surface area (Å²) in [7, 11) is 0. The Bertz CT molecular complexity index is 429. The second-order valence-corrected chi connectivity index (χ2v) is 4.68. The van der Waals surface area contributed by atoms with E-state index < -0.39 is 5.97 Å². The normalized spacial score (nSPS) is 12.2. The fourth-order valence-electron chi connectivity index (χ4n) is 2.06. The van der Waals surface area contributed by atoms with Gasteiger partial charge < -0.3 is 9.84 Å². The van der Waals surface area contributed by atoms with Crippen molar-refractivity contribution in [1.82, 2.24) is 0 Å². The first-order valence-electron chi connectivity index (χ1n) is 6.14. The molecule has 0 aliphatic heterocycles. The average molecular weight is 271 g/mol. The summed E-state index contributed by atoms with van der Waals surface area (Å²) in [4.78, 5) is 10.8. The highest BCUT2D eigenvalue weighted by molar-refractivity contribution is 6.32. The number of halogens is 1. The lowest BCUT2D eigenvalue weighted by Gasteiger charge is -2.18. The smallest absolute Gasteiger partial charge is 0.303 e. The van der Waals surface area contributed by atoms with Crippen LogP contribution >= 0.6 is 11.6 Å². The Hall–Kier alpha value is -1.22. The van der Waals surface area contributed by atoms with E-state index in [1.807, 2.05) is 32.9 Å². The number of hydrogen-bond donors (Lipinski definition) is 1. The molecule has 0 fully saturated rings. The molecule has 1 rings (SSSR count). The van der Waals surface area contributed by atoms with E-state index in [-0.39, 0.29) is 12.3 Å². The van der Waals surface area contributed by atoms with Crippen LogP contribution in [0.1, 0.15) is 43.7 Å². The second-order valence-electron chi connectivity index (χ2n) is 4.28. The van der Waals surface area contributed by atoms with E-state index >= 15 is 0 Å². The van der Waals surface area contributed by atoms with E-state index in [9.17, 15) is 4.79 Å². The van der Waals surface area contributed by atoms with Crippen molar-refractivity contribution in [2.45, 2.75) is 39.5 Å². The van der Waals surface area contributed by atoms with E-state index in [0.717, 1.165) is 17.5 Å². The Morgan fingerprint density at radius 3 is 2.61 bits per heavy atom. The first kappa shape index (κ1) is 14.8. The Labute approximate surface area is 113 Å². The molecular formula is C14H19ClO3. The molecule has 4 heteroatoms. The molecule has 0 radical (unpaired) electrons.